The molecule has 2 bridgehead atoms. The van der Waals surface area contributed by atoms with Gasteiger partial charge in [-0.1, -0.05) is 12.1 Å². The van der Waals surface area contributed by atoms with Crippen LogP contribution in [0.1, 0.15) is 37.2 Å². The minimum atomic E-state index is 0.406. The summed E-state index contributed by atoms with van der Waals surface area (Å²) < 4.78 is 0. The molecular weight excluding hydrogens is 198 g/mol. The Balaban J connectivity index is 1.83. The maximum absolute atomic E-state index is 9.53. The molecule has 1 aromatic carbocycles. The second-order valence-electron chi connectivity index (χ2n) is 5.31. The van der Waals surface area contributed by atoms with Crippen LogP contribution in [-0.2, 0) is 0 Å². The van der Waals surface area contributed by atoms with E-state index in [-0.39, 0.29) is 0 Å². The maximum Gasteiger partial charge on any atom is 0.115 e. The van der Waals surface area contributed by atoms with Gasteiger partial charge in [-0.2, -0.15) is 0 Å². The monoisotopic (exact) mass is 217 g/mol. The number of aromatic hydroxyl groups is 1. The Bertz CT molecular complexity index is 376. The minimum Gasteiger partial charge on any atom is -0.508 e. The largest absolute Gasteiger partial charge is 0.508 e. The molecule has 0 saturated carbocycles. The van der Waals surface area contributed by atoms with Gasteiger partial charge in [-0.3, -0.25) is 0 Å². The Morgan fingerprint density at radius 3 is 2.50 bits per heavy atom. The molecule has 3 rings (SSSR count). The first kappa shape index (κ1) is 10.2. The molecule has 2 heteroatoms. The lowest BCUT2D eigenvalue weighted by Crippen LogP contribution is -2.39. The van der Waals surface area contributed by atoms with Gasteiger partial charge in [0.05, 0.1) is 0 Å². The summed E-state index contributed by atoms with van der Waals surface area (Å²) in [5.41, 5.74) is 1.32. The van der Waals surface area contributed by atoms with E-state index in [0.29, 0.717) is 11.7 Å². The van der Waals surface area contributed by atoms with Crippen LogP contribution in [0.2, 0.25) is 0 Å². The average Bonchev–Trinajstić information content (AvgIpc) is 2.53. The van der Waals surface area contributed by atoms with Gasteiger partial charge in [-0.05, 0) is 56.3 Å². The highest BCUT2D eigenvalue weighted by Gasteiger charge is 2.38. The third-order valence-electron chi connectivity index (χ3n) is 4.44. The summed E-state index contributed by atoms with van der Waals surface area (Å²) >= 11 is 0. The van der Waals surface area contributed by atoms with E-state index in [1.807, 2.05) is 12.1 Å². The molecule has 3 atom stereocenters. The van der Waals surface area contributed by atoms with Crippen LogP contribution < -0.4 is 0 Å². The number of fused-ring (bicyclic) bond motifs is 2. The number of rotatable bonds is 1. The molecule has 2 aliphatic heterocycles. The van der Waals surface area contributed by atoms with Crippen molar-refractivity contribution in [3.63, 3.8) is 0 Å². The highest BCUT2D eigenvalue weighted by molar-refractivity contribution is 5.30. The Morgan fingerprint density at radius 1 is 1.19 bits per heavy atom. The van der Waals surface area contributed by atoms with E-state index in [2.05, 4.69) is 18.0 Å². The van der Waals surface area contributed by atoms with Crippen molar-refractivity contribution >= 4 is 0 Å². The van der Waals surface area contributed by atoms with Crippen molar-refractivity contribution in [2.75, 3.05) is 7.05 Å². The topological polar surface area (TPSA) is 23.5 Å². The third-order valence-corrected chi connectivity index (χ3v) is 4.44. The summed E-state index contributed by atoms with van der Waals surface area (Å²) in [4.78, 5) is 2.55. The van der Waals surface area contributed by atoms with Crippen LogP contribution in [0.4, 0.5) is 0 Å². The average molecular weight is 217 g/mol. The molecule has 0 amide bonds. The summed E-state index contributed by atoms with van der Waals surface area (Å²) in [5, 5.41) is 9.53. The molecule has 2 saturated heterocycles. The number of benzene rings is 1. The second kappa shape index (κ2) is 3.77. The minimum absolute atomic E-state index is 0.406. The van der Waals surface area contributed by atoms with E-state index in [4.69, 9.17) is 0 Å². The molecule has 86 valence electrons. The van der Waals surface area contributed by atoms with Gasteiger partial charge in [0, 0.05) is 12.1 Å². The lowest BCUT2D eigenvalue weighted by molar-refractivity contribution is 0.161. The highest BCUT2D eigenvalue weighted by atomic mass is 16.3. The quantitative estimate of drug-likeness (QED) is 0.782. The number of hydrogen-bond acceptors (Lipinski definition) is 2. The Labute approximate surface area is 96.9 Å². The molecular formula is C14H19NO. The van der Waals surface area contributed by atoms with Gasteiger partial charge in [-0.15, -0.1) is 0 Å². The summed E-state index contributed by atoms with van der Waals surface area (Å²) in [5.74, 6) is 1.06. The zero-order valence-electron chi connectivity index (χ0n) is 9.76. The molecule has 1 unspecified atom stereocenters. The molecule has 0 radical (unpaired) electrons. The van der Waals surface area contributed by atoms with Crippen molar-refractivity contribution in [3.8, 4) is 5.75 Å². The first-order valence-electron chi connectivity index (χ1n) is 6.25. The number of nitrogens with zero attached hydrogens (tertiary/aromatic N) is 1. The van der Waals surface area contributed by atoms with Crippen molar-refractivity contribution in [3.05, 3.63) is 29.8 Å². The van der Waals surface area contributed by atoms with Crippen LogP contribution in [0.25, 0.3) is 0 Å². The maximum atomic E-state index is 9.53. The van der Waals surface area contributed by atoms with E-state index in [1.54, 1.807) is 6.07 Å². The molecule has 2 aliphatic rings. The van der Waals surface area contributed by atoms with Crippen LogP contribution >= 0.6 is 0 Å². The molecule has 0 aromatic heterocycles. The van der Waals surface area contributed by atoms with Crippen LogP contribution in [0.3, 0.4) is 0 Å². The number of hydrogen-bond donors (Lipinski definition) is 1. The molecule has 2 fully saturated rings. The Hall–Kier alpha value is -1.02. The predicted octanol–water partition coefficient (Wildman–Crippen LogP) is 2.73. The molecule has 0 spiro atoms. The molecule has 0 aliphatic carbocycles. The highest BCUT2D eigenvalue weighted by Crippen LogP contribution is 2.42. The smallest absolute Gasteiger partial charge is 0.115 e. The fraction of sp³-hybridized carbons (Fsp3) is 0.571. The van der Waals surface area contributed by atoms with Gasteiger partial charge >= 0.3 is 0 Å². The normalized spacial score (nSPS) is 34.2. The van der Waals surface area contributed by atoms with Gasteiger partial charge in [0.2, 0.25) is 0 Å². The zero-order valence-corrected chi connectivity index (χ0v) is 9.76. The zero-order chi connectivity index (χ0) is 11.1. The van der Waals surface area contributed by atoms with Gasteiger partial charge < -0.3 is 10.0 Å². The van der Waals surface area contributed by atoms with Crippen molar-refractivity contribution < 1.29 is 5.11 Å². The van der Waals surface area contributed by atoms with Crippen LogP contribution in [0.5, 0.6) is 5.75 Å². The van der Waals surface area contributed by atoms with Gasteiger partial charge in [-0.25, -0.2) is 0 Å². The number of phenolic OH excluding ortho intramolecular Hbond substituents is 1. The van der Waals surface area contributed by atoms with Crippen molar-refractivity contribution in [2.45, 2.75) is 43.7 Å². The van der Waals surface area contributed by atoms with Gasteiger partial charge in [0.15, 0.2) is 0 Å². The van der Waals surface area contributed by atoms with E-state index >= 15 is 0 Å². The standard InChI is InChI=1S/C14H19NO/c1-15-12-5-6-13(15)8-11(7-12)10-3-2-4-14(16)9-10/h2-4,9,11-13,16H,5-8H2,1H3/t11?,12-,13+. The summed E-state index contributed by atoms with van der Waals surface area (Å²) in [7, 11) is 2.26. The van der Waals surface area contributed by atoms with E-state index in [0.717, 1.165) is 12.1 Å². The molecule has 16 heavy (non-hydrogen) atoms. The van der Waals surface area contributed by atoms with E-state index < -0.39 is 0 Å². The third kappa shape index (κ3) is 1.61. The van der Waals surface area contributed by atoms with Crippen molar-refractivity contribution in [1.82, 2.24) is 4.90 Å². The summed E-state index contributed by atoms with van der Waals surface area (Å²) in [6.45, 7) is 0. The molecule has 1 N–H and O–H groups in total. The second-order valence-corrected chi connectivity index (χ2v) is 5.31. The summed E-state index contributed by atoms with van der Waals surface area (Å²) in [6.07, 6.45) is 5.24. The molecule has 2 heterocycles. The van der Waals surface area contributed by atoms with E-state index in [1.165, 1.54) is 31.2 Å². The van der Waals surface area contributed by atoms with Crippen LogP contribution in [0.15, 0.2) is 24.3 Å². The number of piperidine rings is 1. The molecule has 2 nitrogen and oxygen atoms in total. The lowest BCUT2D eigenvalue weighted by atomic mass is 9.85. The first-order valence-corrected chi connectivity index (χ1v) is 6.25. The van der Waals surface area contributed by atoms with E-state index in [9.17, 15) is 5.11 Å². The Kier molecular flexibility index (Phi) is 2.40. The fourth-order valence-corrected chi connectivity index (χ4v) is 3.46. The van der Waals surface area contributed by atoms with Crippen molar-refractivity contribution in [1.29, 1.82) is 0 Å². The molecule has 1 aromatic rings. The van der Waals surface area contributed by atoms with Crippen LogP contribution in [0, 0.1) is 0 Å². The Morgan fingerprint density at radius 2 is 1.88 bits per heavy atom. The predicted molar refractivity (Wildman–Crippen MR) is 64.7 cm³/mol. The lowest BCUT2D eigenvalue weighted by Gasteiger charge is -2.36. The fourth-order valence-electron chi connectivity index (χ4n) is 3.46. The number of phenols is 1. The van der Waals surface area contributed by atoms with Gasteiger partial charge in [0.25, 0.3) is 0 Å². The van der Waals surface area contributed by atoms with Crippen molar-refractivity contribution in [2.24, 2.45) is 0 Å². The van der Waals surface area contributed by atoms with Gasteiger partial charge in [0.1, 0.15) is 5.75 Å². The van der Waals surface area contributed by atoms with Crippen LogP contribution in [-0.4, -0.2) is 29.1 Å². The SMILES string of the molecule is CN1[C@@H]2CC[C@H]1CC(c1cccc(O)c1)C2. The first-order chi connectivity index (χ1) is 7.74. The summed E-state index contributed by atoms with van der Waals surface area (Å²) in [6, 6.07) is 9.36.